The van der Waals surface area contributed by atoms with Gasteiger partial charge in [0.05, 0.1) is 32.0 Å². The van der Waals surface area contributed by atoms with Crippen LogP contribution < -0.4 is 20.5 Å². The fourth-order valence-electron chi connectivity index (χ4n) is 3.03. The number of benzene rings is 2. The van der Waals surface area contributed by atoms with Crippen LogP contribution in [0.2, 0.25) is 0 Å². The molecule has 4 rings (SSSR count). The van der Waals surface area contributed by atoms with Crippen molar-refractivity contribution in [2.24, 2.45) is 10.7 Å². The quantitative estimate of drug-likeness (QED) is 0.337. The van der Waals surface area contributed by atoms with Crippen molar-refractivity contribution in [3.63, 3.8) is 0 Å². The van der Waals surface area contributed by atoms with Gasteiger partial charge in [0.25, 0.3) is 0 Å². The first-order valence-corrected chi connectivity index (χ1v) is 10.6. The number of rotatable bonds is 6. The predicted octanol–water partition coefficient (Wildman–Crippen LogP) is 4.97. The molecule has 4 aromatic rings. The zero-order chi connectivity index (χ0) is 20.2. The fourth-order valence-corrected chi connectivity index (χ4v) is 4.70. The highest BCUT2D eigenvalue weighted by Gasteiger charge is 2.12. The van der Waals surface area contributed by atoms with Crippen LogP contribution in [0.1, 0.15) is 5.56 Å². The Labute approximate surface area is 176 Å². The summed E-state index contributed by atoms with van der Waals surface area (Å²) in [4.78, 5) is 9.09. The molecule has 0 bridgehead atoms. The second-order valence-corrected chi connectivity index (χ2v) is 7.92. The van der Waals surface area contributed by atoms with Crippen LogP contribution in [0.15, 0.2) is 58.2 Å². The number of methoxy groups -OCH3 is 2. The van der Waals surface area contributed by atoms with Crippen LogP contribution in [0.25, 0.3) is 21.3 Å². The molecule has 0 radical (unpaired) electrons. The van der Waals surface area contributed by atoms with E-state index in [2.05, 4.69) is 32.8 Å². The molecular weight excluding hydrogens is 404 g/mol. The number of aliphatic imine (C=N–C) groups is 1. The molecule has 0 saturated heterocycles. The standard InChI is InChI=1S/C21H20N4O2S2/c1-26-17-7-5-8-18(27-2)14(17)10-23-20(22)25-21-24-16(12-29-21)15-11-28-19-9-4-3-6-13(15)19/h3-9,11-12H,10H2,1-2H3,(H3,22,23,24,25). The third kappa shape index (κ3) is 4.03. The Balaban J connectivity index is 1.51. The number of anilines is 1. The molecule has 2 heterocycles. The van der Waals surface area contributed by atoms with Crippen molar-refractivity contribution in [3.8, 4) is 22.8 Å². The van der Waals surface area contributed by atoms with Crippen LogP contribution in [-0.2, 0) is 6.54 Å². The van der Waals surface area contributed by atoms with Crippen molar-refractivity contribution in [2.45, 2.75) is 6.54 Å². The SMILES string of the molecule is COc1cccc(OC)c1CN=C(N)Nc1nc(-c2csc3ccccc23)cs1. The van der Waals surface area contributed by atoms with Gasteiger partial charge in [-0.3, -0.25) is 0 Å². The molecule has 0 aliphatic heterocycles. The minimum Gasteiger partial charge on any atom is -0.496 e. The van der Waals surface area contributed by atoms with Crippen LogP contribution in [0, 0.1) is 0 Å². The van der Waals surface area contributed by atoms with Gasteiger partial charge in [-0.1, -0.05) is 24.3 Å². The summed E-state index contributed by atoms with van der Waals surface area (Å²) < 4.78 is 12.0. The molecule has 2 aromatic heterocycles. The Bertz CT molecular complexity index is 1140. The molecule has 6 nitrogen and oxygen atoms in total. The number of guanidine groups is 1. The summed E-state index contributed by atoms with van der Waals surface area (Å²) in [6.07, 6.45) is 0. The molecule has 0 aliphatic rings. The molecule has 0 saturated carbocycles. The molecule has 0 atom stereocenters. The van der Waals surface area contributed by atoms with Crippen LogP contribution in [-0.4, -0.2) is 25.2 Å². The lowest BCUT2D eigenvalue weighted by atomic mass is 10.1. The number of nitrogens with zero attached hydrogens (tertiary/aromatic N) is 2. The van der Waals surface area contributed by atoms with Crippen LogP contribution in [0.3, 0.4) is 0 Å². The Morgan fingerprint density at radius 2 is 1.79 bits per heavy atom. The van der Waals surface area contributed by atoms with Gasteiger partial charge in [-0.15, -0.1) is 22.7 Å². The maximum Gasteiger partial charge on any atom is 0.195 e. The third-order valence-corrected chi connectivity index (χ3v) is 6.15. The van der Waals surface area contributed by atoms with Crippen molar-refractivity contribution < 1.29 is 9.47 Å². The second kappa shape index (κ2) is 8.50. The van der Waals surface area contributed by atoms with Crippen molar-refractivity contribution >= 4 is 43.9 Å². The highest BCUT2D eigenvalue weighted by atomic mass is 32.1. The van der Waals surface area contributed by atoms with Gasteiger partial charge in [-0.05, 0) is 18.2 Å². The smallest absolute Gasteiger partial charge is 0.195 e. The number of nitrogens with two attached hydrogens (primary N) is 1. The van der Waals surface area contributed by atoms with Crippen LogP contribution in [0.4, 0.5) is 5.13 Å². The van der Waals surface area contributed by atoms with Crippen molar-refractivity contribution in [1.82, 2.24) is 4.98 Å². The normalized spacial score (nSPS) is 11.6. The first kappa shape index (κ1) is 19.2. The lowest BCUT2D eigenvalue weighted by Gasteiger charge is -2.11. The Hall–Kier alpha value is -3.10. The lowest BCUT2D eigenvalue weighted by molar-refractivity contribution is 0.385. The zero-order valence-electron chi connectivity index (χ0n) is 16.0. The molecule has 0 spiro atoms. The molecule has 3 N–H and O–H groups in total. The van der Waals surface area contributed by atoms with E-state index in [1.54, 1.807) is 25.6 Å². The summed E-state index contributed by atoms with van der Waals surface area (Å²) in [5.41, 5.74) is 8.97. The first-order valence-electron chi connectivity index (χ1n) is 8.88. The van der Waals surface area contributed by atoms with Gasteiger partial charge in [0.15, 0.2) is 11.1 Å². The molecule has 0 fully saturated rings. The van der Waals surface area contributed by atoms with Gasteiger partial charge in [-0.25, -0.2) is 9.98 Å². The van der Waals surface area contributed by atoms with E-state index in [0.29, 0.717) is 23.2 Å². The Kier molecular flexibility index (Phi) is 5.64. The molecular formula is C21H20N4O2S2. The van der Waals surface area contributed by atoms with Gasteiger partial charge in [-0.2, -0.15) is 0 Å². The number of fused-ring (bicyclic) bond motifs is 1. The number of hydrogen-bond acceptors (Lipinski definition) is 6. The molecule has 0 aliphatic carbocycles. The van der Waals surface area contributed by atoms with Gasteiger partial charge >= 0.3 is 0 Å². The maximum atomic E-state index is 6.08. The maximum absolute atomic E-state index is 6.08. The van der Waals surface area contributed by atoms with Gasteiger partial charge in [0, 0.05) is 26.4 Å². The van der Waals surface area contributed by atoms with Crippen LogP contribution in [0.5, 0.6) is 11.5 Å². The number of hydrogen-bond donors (Lipinski definition) is 2. The van der Waals surface area contributed by atoms with E-state index in [4.69, 9.17) is 15.2 Å². The van der Waals surface area contributed by atoms with Crippen molar-refractivity contribution in [1.29, 1.82) is 0 Å². The molecule has 0 amide bonds. The summed E-state index contributed by atoms with van der Waals surface area (Å²) >= 11 is 3.21. The molecule has 8 heteroatoms. The summed E-state index contributed by atoms with van der Waals surface area (Å²) in [6, 6.07) is 13.9. The first-order chi connectivity index (χ1) is 14.2. The van der Waals surface area contributed by atoms with E-state index in [0.717, 1.165) is 16.8 Å². The number of ether oxygens (including phenoxy) is 2. The van der Waals surface area contributed by atoms with E-state index in [1.807, 2.05) is 35.7 Å². The molecule has 148 valence electrons. The topological polar surface area (TPSA) is 81.8 Å². The van der Waals surface area contributed by atoms with Gasteiger partial charge in [0.2, 0.25) is 0 Å². The molecule has 2 aromatic carbocycles. The highest BCUT2D eigenvalue weighted by molar-refractivity contribution is 7.18. The summed E-state index contributed by atoms with van der Waals surface area (Å²) in [7, 11) is 3.24. The number of aromatic nitrogens is 1. The Morgan fingerprint density at radius 1 is 1.03 bits per heavy atom. The van der Waals surface area contributed by atoms with E-state index in [1.165, 1.54) is 21.4 Å². The van der Waals surface area contributed by atoms with E-state index in [9.17, 15) is 0 Å². The van der Waals surface area contributed by atoms with E-state index in [-0.39, 0.29) is 5.96 Å². The Morgan fingerprint density at radius 3 is 2.55 bits per heavy atom. The predicted molar refractivity (Wildman–Crippen MR) is 121 cm³/mol. The second-order valence-electron chi connectivity index (χ2n) is 6.15. The minimum absolute atomic E-state index is 0.286. The number of nitrogens with one attached hydrogen (secondary N) is 1. The average molecular weight is 425 g/mol. The third-order valence-electron chi connectivity index (χ3n) is 4.43. The van der Waals surface area contributed by atoms with E-state index >= 15 is 0 Å². The minimum atomic E-state index is 0.286. The molecule has 29 heavy (non-hydrogen) atoms. The largest absolute Gasteiger partial charge is 0.496 e. The van der Waals surface area contributed by atoms with Gasteiger partial charge in [0.1, 0.15) is 11.5 Å². The lowest BCUT2D eigenvalue weighted by Crippen LogP contribution is -2.22. The van der Waals surface area contributed by atoms with Crippen molar-refractivity contribution in [3.05, 3.63) is 58.8 Å². The molecule has 0 unspecified atom stereocenters. The van der Waals surface area contributed by atoms with Crippen LogP contribution >= 0.6 is 22.7 Å². The van der Waals surface area contributed by atoms with Gasteiger partial charge < -0.3 is 20.5 Å². The number of thiazole rings is 1. The fraction of sp³-hybridized carbons (Fsp3) is 0.143. The summed E-state index contributed by atoms with van der Waals surface area (Å²) in [5.74, 6) is 1.71. The zero-order valence-corrected chi connectivity index (χ0v) is 17.6. The summed E-state index contributed by atoms with van der Waals surface area (Å²) in [5, 5.41) is 9.13. The average Bonchev–Trinajstić information content (AvgIpc) is 3.38. The summed E-state index contributed by atoms with van der Waals surface area (Å²) in [6.45, 7) is 0.333. The number of thiophene rings is 1. The monoisotopic (exact) mass is 424 g/mol. The van der Waals surface area contributed by atoms with Crippen molar-refractivity contribution in [2.75, 3.05) is 19.5 Å². The van der Waals surface area contributed by atoms with E-state index < -0.39 is 0 Å². The highest BCUT2D eigenvalue weighted by Crippen LogP contribution is 2.35.